The lowest BCUT2D eigenvalue weighted by Gasteiger charge is -2.14. The number of carbonyl (C=O) groups is 4. The van der Waals surface area contributed by atoms with E-state index in [0.717, 1.165) is 4.90 Å². The third kappa shape index (κ3) is 4.74. The van der Waals surface area contributed by atoms with Crippen molar-refractivity contribution in [1.29, 1.82) is 0 Å². The van der Waals surface area contributed by atoms with Crippen LogP contribution in [0.4, 0.5) is 5.69 Å². The predicted molar refractivity (Wildman–Crippen MR) is 122 cm³/mol. The number of carbonyl (C=O) groups excluding carboxylic acids is 4. The van der Waals surface area contributed by atoms with Gasteiger partial charge in [-0.05, 0) is 42.0 Å². The molecule has 0 spiro atoms. The highest BCUT2D eigenvalue weighted by Crippen LogP contribution is 2.29. The number of anilines is 1. The molecule has 0 aliphatic carbocycles. The van der Waals surface area contributed by atoms with Crippen LogP contribution in [-0.2, 0) is 16.1 Å². The highest BCUT2D eigenvalue weighted by atomic mass is 35.5. The van der Waals surface area contributed by atoms with Crippen molar-refractivity contribution >= 4 is 52.6 Å². The van der Waals surface area contributed by atoms with E-state index < -0.39 is 18.5 Å². The van der Waals surface area contributed by atoms with Crippen molar-refractivity contribution in [2.75, 3.05) is 11.9 Å². The molecule has 33 heavy (non-hydrogen) atoms. The minimum atomic E-state index is -0.730. The number of nitrogens with one attached hydrogen (secondary N) is 1. The summed E-state index contributed by atoms with van der Waals surface area (Å²) in [4.78, 5) is 50.8. The molecule has 4 rings (SSSR count). The molecule has 3 amide bonds. The van der Waals surface area contributed by atoms with Gasteiger partial charge < -0.3 is 10.1 Å². The van der Waals surface area contributed by atoms with E-state index in [4.69, 9.17) is 27.9 Å². The van der Waals surface area contributed by atoms with E-state index in [1.54, 1.807) is 54.6 Å². The smallest absolute Gasteiger partial charge is 0.338 e. The monoisotopic (exact) mass is 482 g/mol. The number of imide groups is 1. The molecule has 1 heterocycles. The minimum absolute atomic E-state index is 0.00121. The maximum absolute atomic E-state index is 12.6. The Morgan fingerprint density at radius 3 is 2.24 bits per heavy atom. The highest BCUT2D eigenvalue weighted by Gasteiger charge is 2.35. The van der Waals surface area contributed by atoms with E-state index in [1.807, 2.05) is 0 Å². The lowest BCUT2D eigenvalue weighted by atomic mass is 10.1. The van der Waals surface area contributed by atoms with Gasteiger partial charge in [0.1, 0.15) is 0 Å². The number of ether oxygens (including phenoxy) is 1. The number of hydrogen-bond donors (Lipinski definition) is 1. The summed E-state index contributed by atoms with van der Waals surface area (Å²) in [6.07, 6.45) is 0. The molecule has 0 atom stereocenters. The van der Waals surface area contributed by atoms with Crippen LogP contribution in [0.5, 0.6) is 0 Å². The van der Waals surface area contributed by atoms with E-state index in [1.165, 1.54) is 12.1 Å². The number of halogens is 2. The van der Waals surface area contributed by atoms with Gasteiger partial charge in [-0.25, -0.2) is 4.79 Å². The quantitative estimate of drug-likeness (QED) is 0.409. The summed E-state index contributed by atoms with van der Waals surface area (Å²) in [6.45, 7) is -0.536. The molecule has 3 aromatic rings. The van der Waals surface area contributed by atoms with Crippen molar-refractivity contribution in [2.45, 2.75) is 6.54 Å². The standard InChI is InChI=1S/C24H16Cl2N2O5/c25-18-9-4-10-19(21(18)26)27-20(29)13-33-24(32)15-6-3-5-14(11-15)12-28-22(30)16-7-1-2-8-17(16)23(28)31/h1-11H,12-13H2,(H,27,29). The van der Waals surface area contributed by atoms with E-state index in [2.05, 4.69) is 5.32 Å². The first-order chi connectivity index (χ1) is 15.8. The first-order valence-corrected chi connectivity index (χ1v) is 10.6. The number of amides is 3. The summed E-state index contributed by atoms with van der Waals surface area (Å²) in [5.74, 6) is -2.10. The van der Waals surface area contributed by atoms with Gasteiger partial charge in [-0.2, -0.15) is 0 Å². The van der Waals surface area contributed by atoms with Gasteiger partial charge in [0.25, 0.3) is 17.7 Å². The Kier molecular flexibility index (Phi) is 6.44. The van der Waals surface area contributed by atoms with Crippen molar-refractivity contribution in [3.63, 3.8) is 0 Å². The normalized spacial score (nSPS) is 12.5. The third-order valence-corrected chi connectivity index (χ3v) is 5.76. The molecule has 3 aromatic carbocycles. The molecule has 9 heteroatoms. The van der Waals surface area contributed by atoms with Crippen LogP contribution in [0.2, 0.25) is 10.0 Å². The molecular weight excluding hydrogens is 467 g/mol. The van der Waals surface area contributed by atoms with E-state index in [9.17, 15) is 19.2 Å². The number of fused-ring (bicyclic) bond motifs is 1. The van der Waals surface area contributed by atoms with Gasteiger partial charge >= 0.3 is 5.97 Å². The Labute approximate surface area is 198 Å². The predicted octanol–water partition coefficient (Wildman–Crippen LogP) is 4.59. The summed E-state index contributed by atoms with van der Waals surface area (Å²) in [5.41, 5.74) is 1.74. The van der Waals surface area contributed by atoms with Crippen LogP contribution in [-0.4, -0.2) is 35.2 Å². The first kappa shape index (κ1) is 22.5. The van der Waals surface area contributed by atoms with Crippen LogP contribution in [0, 0.1) is 0 Å². The van der Waals surface area contributed by atoms with Crippen LogP contribution in [0.1, 0.15) is 36.6 Å². The summed E-state index contributed by atoms with van der Waals surface area (Å²) >= 11 is 11.9. The second-order valence-corrected chi connectivity index (χ2v) is 7.95. The molecule has 1 aliphatic heterocycles. The van der Waals surface area contributed by atoms with Crippen LogP contribution in [0.3, 0.4) is 0 Å². The summed E-state index contributed by atoms with van der Waals surface area (Å²) in [6, 6.07) is 17.7. The van der Waals surface area contributed by atoms with Gasteiger partial charge in [-0.15, -0.1) is 0 Å². The maximum Gasteiger partial charge on any atom is 0.338 e. The summed E-state index contributed by atoms with van der Waals surface area (Å²) in [7, 11) is 0. The van der Waals surface area contributed by atoms with E-state index >= 15 is 0 Å². The Bertz CT molecular complexity index is 1260. The zero-order valence-corrected chi connectivity index (χ0v) is 18.5. The molecule has 0 bridgehead atoms. The van der Waals surface area contributed by atoms with Crippen molar-refractivity contribution in [1.82, 2.24) is 4.90 Å². The Hall–Kier alpha value is -3.68. The lowest BCUT2D eigenvalue weighted by molar-refractivity contribution is -0.119. The third-order valence-electron chi connectivity index (χ3n) is 4.94. The molecule has 0 saturated carbocycles. The lowest BCUT2D eigenvalue weighted by Crippen LogP contribution is -2.29. The zero-order valence-electron chi connectivity index (χ0n) is 17.0. The number of esters is 1. The average molecular weight is 483 g/mol. The Balaban J connectivity index is 1.38. The molecular formula is C24H16Cl2N2O5. The van der Waals surface area contributed by atoms with Gasteiger partial charge in [-0.3, -0.25) is 19.3 Å². The van der Waals surface area contributed by atoms with Gasteiger partial charge in [0.05, 0.1) is 39.0 Å². The summed E-state index contributed by atoms with van der Waals surface area (Å²) in [5, 5.41) is 2.98. The van der Waals surface area contributed by atoms with Gasteiger partial charge in [0.2, 0.25) is 0 Å². The molecule has 1 aliphatic rings. The molecule has 0 saturated heterocycles. The zero-order chi connectivity index (χ0) is 23.5. The number of benzene rings is 3. The number of rotatable bonds is 6. The average Bonchev–Trinajstić information content (AvgIpc) is 3.06. The molecule has 0 radical (unpaired) electrons. The van der Waals surface area contributed by atoms with Gasteiger partial charge in [0.15, 0.2) is 6.61 Å². The molecule has 1 N–H and O–H groups in total. The van der Waals surface area contributed by atoms with Gasteiger partial charge in [-0.1, -0.05) is 53.5 Å². The SMILES string of the molecule is O=C(COC(=O)c1cccc(CN2C(=O)c3ccccc3C2=O)c1)Nc1cccc(Cl)c1Cl. The van der Waals surface area contributed by atoms with Gasteiger partial charge in [0, 0.05) is 0 Å². The van der Waals surface area contributed by atoms with E-state index in [0.29, 0.717) is 22.4 Å². The molecule has 7 nitrogen and oxygen atoms in total. The van der Waals surface area contributed by atoms with Crippen LogP contribution < -0.4 is 5.32 Å². The van der Waals surface area contributed by atoms with Crippen molar-refractivity contribution in [3.05, 3.63) is 99.0 Å². The molecule has 0 fully saturated rings. The van der Waals surface area contributed by atoms with Crippen LogP contribution in [0.15, 0.2) is 66.7 Å². The fourth-order valence-electron chi connectivity index (χ4n) is 3.36. The minimum Gasteiger partial charge on any atom is -0.452 e. The molecule has 0 aromatic heterocycles. The maximum atomic E-state index is 12.6. The van der Waals surface area contributed by atoms with Crippen molar-refractivity contribution in [2.24, 2.45) is 0 Å². The number of nitrogens with zero attached hydrogens (tertiary/aromatic N) is 1. The molecule has 166 valence electrons. The van der Waals surface area contributed by atoms with Crippen molar-refractivity contribution in [3.8, 4) is 0 Å². The van der Waals surface area contributed by atoms with Crippen molar-refractivity contribution < 1.29 is 23.9 Å². The number of hydrogen-bond acceptors (Lipinski definition) is 5. The largest absolute Gasteiger partial charge is 0.452 e. The fourth-order valence-corrected chi connectivity index (χ4v) is 3.71. The van der Waals surface area contributed by atoms with E-state index in [-0.39, 0.29) is 34.0 Å². The Morgan fingerprint density at radius 1 is 0.879 bits per heavy atom. The second-order valence-electron chi connectivity index (χ2n) is 7.17. The Morgan fingerprint density at radius 2 is 1.55 bits per heavy atom. The first-order valence-electron chi connectivity index (χ1n) is 9.80. The summed E-state index contributed by atoms with van der Waals surface area (Å²) < 4.78 is 5.08. The molecule has 0 unspecified atom stereocenters. The second kappa shape index (κ2) is 9.44. The topological polar surface area (TPSA) is 92.8 Å². The highest BCUT2D eigenvalue weighted by molar-refractivity contribution is 6.44. The van der Waals surface area contributed by atoms with Crippen LogP contribution in [0.25, 0.3) is 0 Å². The fraction of sp³-hybridized carbons (Fsp3) is 0.0833. The van der Waals surface area contributed by atoms with Crippen LogP contribution >= 0.6 is 23.2 Å².